The van der Waals surface area contributed by atoms with Crippen LogP contribution in [-0.2, 0) is 32.7 Å². The summed E-state index contributed by atoms with van der Waals surface area (Å²) in [6.07, 6.45) is 33.4. The Hall–Kier alpha value is -3.27. The van der Waals surface area contributed by atoms with Gasteiger partial charge in [-0.25, -0.2) is 4.57 Å². The molecule has 0 aliphatic heterocycles. The third kappa shape index (κ3) is 30.0. The van der Waals surface area contributed by atoms with E-state index >= 15 is 0 Å². The molecule has 3 unspecified atom stereocenters. The quantitative estimate of drug-likeness (QED) is 0.0104. The van der Waals surface area contributed by atoms with E-state index in [2.05, 4.69) is 74.6 Å². The van der Waals surface area contributed by atoms with Crippen LogP contribution in [0, 0.1) is 0 Å². The molecule has 364 valence electrons. The molecule has 0 bridgehead atoms. The highest BCUT2D eigenvalue weighted by Crippen LogP contribution is 2.47. The lowest BCUT2D eigenvalue weighted by Crippen LogP contribution is -2.64. The summed E-state index contributed by atoms with van der Waals surface area (Å²) in [5, 5.41) is 60.4. The molecule has 1 aliphatic carbocycles. The van der Waals surface area contributed by atoms with Gasteiger partial charge in [0.1, 0.15) is 43.2 Å². The van der Waals surface area contributed by atoms with Gasteiger partial charge in [0.25, 0.3) is 0 Å². The lowest BCUT2D eigenvalue weighted by Gasteiger charge is -2.41. The van der Waals surface area contributed by atoms with Crippen LogP contribution < -0.4 is 0 Å². The highest BCUT2D eigenvalue weighted by atomic mass is 31.2. The molecular formula is C49H79O14P. The van der Waals surface area contributed by atoms with E-state index in [1.807, 2.05) is 24.3 Å². The molecule has 9 atom stereocenters. The van der Waals surface area contributed by atoms with Crippen LogP contribution in [-0.4, -0.2) is 110 Å². The topological polar surface area (TPSA) is 230 Å². The number of esters is 2. The molecule has 0 aromatic carbocycles. The van der Waals surface area contributed by atoms with E-state index in [4.69, 9.17) is 18.5 Å². The van der Waals surface area contributed by atoms with Crippen LogP contribution >= 0.6 is 7.82 Å². The summed E-state index contributed by atoms with van der Waals surface area (Å²) in [4.78, 5) is 35.7. The fourth-order valence-corrected chi connectivity index (χ4v) is 7.18. The standard InChI is InChI=1S/C49H79O14P/c1-3-5-7-9-11-13-15-17-18-19-20-22-24-26-28-30-32-36-43(52)62-41(39-61-64(58,59)63-49-47(56)45(54)44(53)46(55)48(49)57)38-60-42(51)37-33-35-40(50)34-31-29-27-25-23-21-16-14-12-10-8-6-4-2/h11-14,17-18,20-23,26-29,31,34,40-41,44-50,53-57H,3-10,15-16,19,24-25,30,32-33,35-39H2,1-2H3,(H,58,59)/b13-11-,14-12-,18-17-,22-20-,23-21-,28-26-,29-27-,34-31+/t40-,41-,44?,45-,46+,47-,48-,49?/m1/s1. The molecule has 7 N–H and O–H groups in total. The molecule has 15 heteroatoms. The summed E-state index contributed by atoms with van der Waals surface area (Å²) in [5.41, 5.74) is 0. The van der Waals surface area contributed by atoms with Crippen molar-refractivity contribution in [3.63, 3.8) is 0 Å². The maximum absolute atomic E-state index is 12.8. The van der Waals surface area contributed by atoms with E-state index in [0.29, 0.717) is 12.8 Å². The molecule has 0 aromatic rings. The summed E-state index contributed by atoms with van der Waals surface area (Å²) in [7, 11) is -5.19. The summed E-state index contributed by atoms with van der Waals surface area (Å²) < 4.78 is 33.3. The van der Waals surface area contributed by atoms with Crippen molar-refractivity contribution >= 4 is 19.8 Å². The number of hydrogen-bond acceptors (Lipinski definition) is 13. The van der Waals surface area contributed by atoms with Crippen LogP contribution in [0.5, 0.6) is 0 Å². The van der Waals surface area contributed by atoms with Crippen molar-refractivity contribution in [1.29, 1.82) is 0 Å². The number of carbonyl (C=O) groups excluding carboxylic acids is 2. The van der Waals surface area contributed by atoms with Gasteiger partial charge in [0.15, 0.2) is 6.10 Å². The zero-order chi connectivity index (χ0) is 47.3. The molecule has 0 radical (unpaired) electrons. The zero-order valence-corrected chi connectivity index (χ0v) is 39.0. The van der Waals surface area contributed by atoms with Gasteiger partial charge in [-0.1, -0.05) is 137 Å². The number of rotatable bonds is 36. The molecule has 0 aromatic heterocycles. The number of aliphatic hydroxyl groups is 6. The van der Waals surface area contributed by atoms with Gasteiger partial charge in [0.2, 0.25) is 0 Å². The fraction of sp³-hybridized carbons (Fsp3) is 0.633. The van der Waals surface area contributed by atoms with Crippen molar-refractivity contribution in [2.24, 2.45) is 0 Å². The smallest absolute Gasteiger partial charge is 0.462 e. The molecule has 0 heterocycles. The van der Waals surface area contributed by atoms with Crippen LogP contribution in [0.4, 0.5) is 0 Å². The van der Waals surface area contributed by atoms with Crippen molar-refractivity contribution in [2.45, 2.75) is 185 Å². The van der Waals surface area contributed by atoms with Crippen LogP contribution in [0.2, 0.25) is 0 Å². The Morgan fingerprint density at radius 1 is 0.562 bits per heavy atom. The van der Waals surface area contributed by atoms with E-state index in [1.54, 1.807) is 12.2 Å². The first-order valence-corrected chi connectivity index (χ1v) is 24.6. The first-order valence-electron chi connectivity index (χ1n) is 23.1. The molecule has 0 amide bonds. The van der Waals surface area contributed by atoms with E-state index < -0.39 is 81.8 Å². The number of aliphatic hydroxyl groups excluding tert-OH is 6. The first kappa shape index (κ1) is 58.7. The number of hydrogen-bond donors (Lipinski definition) is 7. The molecule has 1 rings (SSSR count). The van der Waals surface area contributed by atoms with Gasteiger partial charge in [0.05, 0.1) is 12.7 Å². The van der Waals surface area contributed by atoms with Crippen LogP contribution in [0.25, 0.3) is 0 Å². The summed E-state index contributed by atoms with van der Waals surface area (Å²) in [5.74, 6) is -1.38. The molecule has 1 aliphatic rings. The minimum Gasteiger partial charge on any atom is -0.462 e. The van der Waals surface area contributed by atoms with Crippen molar-refractivity contribution in [3.05, 3.63) is 97.2 Å². The first-order chi connectivity index (χ1) is 30.8. The van der Waals surface area contributed by atoms with E-state index in [-0.39, 0.29) is 25.7 Å². The van der Waals surface area contributed by atoms with Crippen molar-refractivity contribution < 1.29 is 68.2 Å². The molecule has 14 nitrogen and oxygen atoms in total. The molecule has 64 heavy (non-hydrogen) atoms. The Kier molecular flexibility index (Phi) is 34.8. The second kappa shape index (κ2) is 37.9. The Morgan fingerprint density at radius 3 is 1.53 bits per heavy atom. The predicted molar refractivity (Wildman–Crippen MR) is 250 cm³/mol. The lowest BCUT2D eigenvalue weighted by molar-refractivity contribution is -0.220. The summed E-state index contributed by atoms with van der Waals surface area (Å²) in [6.45, 7) is 3.01. The second-order valence-electron chi connectivity index (χ2n) is 15.7. The Balaban J connectivity index is 2.61. The maximum Gasteiger partial charge on any atom is 0.472 e. The number of allylic oxidation sites excluding steroid dienone is 15. The Labute approximate surface area is 382 Å². The normalized spacial score (nSPS) is 23.0. The third-order valence-electron chi connectivity index (χ3n) is 10.0. The maximum atomic E-state index is 12.8. The molecule has 1 saturated carbocycles. The average molecular weight is 923 g/mol. The fourth-order valence-electron chi connectivity index (χ4n) is 6.20. The number of ether oxygens (including phenoxy) is 2. The zero-order valence-electron chi connectivity index (χ0n) is 38.1. The van der Waals surface area contributed by atoms with Crippen molar-refractivity contribution in [1.82, 2.24) is 0 Å². The van der Waals surface area contributed by atoms with Crippen LogP contribution in [0.15, 0.2) is 97.2 Å². The average Bonchev–Trinajstić information content (AvgIpc) is 3.27. The number of carbonyl (C=O) groups is 2. The minimum absolute atomic E-state index is 0.0253. The lowest BCUT2D eigenvalue weighted by atomic mass is 9.85. The van der Waals surface area contributed by atoms with Crippen LogP contribution in [0.1, 0.15) is 136 Å². The summed E-state index contributed by atoms with van der Waals surface area (Å²) in [6, 6.07) is 0. The third-order valence-corrected chi connectivity index (χ3v) is 11.0. The molecular weight excluding hydrogens is 843 g/mol. The van der Waals surface area contributed by atoms with Gasteiger partial charge in [-0.15, -0.1) is 0 Å². The monoisotopic (exact) mass is 923 g/mol. The SMILES string of the molecule is CCCCC/C=C\C/C=C\C/C=C\C=C\[C@@H](O)CCCC(=O)OC[C@H](COP(=O)(O)OC1[C@H](O)[C@H](O)C(O)[C@H](O)[C@H]1O)OC(=O)CCC/C=C\C/C=C\C/C=C\C/C=C\CCCCC. The van der Waals surface area contributed by atoms with Gasteiger partial charge in [-0.2, -0.15) is 0 Å². The number of unbranched alkanes of at least 4 members (excludes halogenated alkanes) is 7. The predicted octanol–water partition coefficient (Wildman–Crippen LogP) is 8.02. The van der Waals surface area contributed by atoms with Crippen molar-refractivity contribution in [3.8, 4) is 0 Å². The number of phosphoric ester groups is 1. The summed E-state index contributed by atoms with van der Waals surface area (Å²) >= 11 is 0. The van der Waals surface area contributed by atoms with Gasteiger partial charge in [-0.3, -0.25) is 18.6 Å². The highest BCUT2D eigenvalue weighted by molar-refractivity contribution is 7.47. The van der Waals surface area contributed by atoms with Crippen molar-refractivity contribution in [2.75, 3.05) is 13.2 Å². The molecule has 0 saturated heterocycles. The highest BCUT2D eigenvalue weighted by Gasteiger charge is 2.51. The second-order valence-corrected chi connectivity index (χ2v) is 17.2. The van der Waals surface area contributed by atoms with Gasteiger partial charge in [0, 0.05) is 12.8 Å². The number of phosphoric acid groups is 1. The largest absolute Gasteiger partial charge is 0.472 e. The van der Waals surface area contributed by atoms with E-state index in [0.717, 1.165) is 44.9 Å². The molecule has 0 spiro atoms. The van der Waals surface area contributed by atoms with Gasteiger partial charge in [-0.05, 0) is 83.5 Å². The van der Waals surface area contributed by atoms with Crippen LogP contribution in [0.3, 0.4) is 0 Å². The van der Waals surface area contributed by atoms with Gasteiger partial charge < -0.3 is 45.0 Å². The minimum atomic E-state index is -5.19. The molecule has 1 fully saturated rings. The van der Waals surface area contributed by atoms with E-state index in [9.17, 15) is 49.7 Å². The Morgan fingerprint density at radius 2 is 1.02 bits per heavy atom. The van der Waals surface area contributed by atoms with E-state index in [1.165, 1.54) is 38.5 Å². The Bertz CT molecular complexity index is 1500. The van der Waals surface area contributed by atoms with Gasteiger partial charge >= 0.3 is 19.8 Å².